The molecule has 2 fully saturated rings. The van der Waals surface area contributed by atoms with Crippen molar-refractivity contribution in [2.24, 2.45) is 5.92 Å². The number of carbonyl (C=O) groups excluding carboxylic acids is 1. The summed E-state index contributed by atoms with van der Waals surface area (Å²) in [6, 6.07) is 0.143. The lowest BCUT2D eigenvalue weighted by Crippen LogP contribution is -2.44. The summed E-state index contributed by atoms with van der Waals surface area (Å²) in [5.41, 5.74) is 0. The molecule has 0 aromatic carbocycles. The minimum Gasteiger partial charge on any atom is -0.379 e. The summed E-state index contributed by atoms with van der Waals surface area (Å²) in [6.07, 6.45) is 2.09. The van der Waals surface area contributed by atoms with Crippen LogP contribution in [0.5, 0.6) is 0 Å². The van der Waals surface area contributed by atoms with Gasteiger partial charge in [0.1, 0.15) is 0 Å². The highest BCUT2D eigenvalue weighted by Gasteiger charge is 2.19. The van der Waals surface area contributed by atoms with Gasteiger partial charge in [-0.25, -0.2) is 4.79 Å². The summed E-state index contributed by atoms with van der Waals surface area (Å²) in [5, 5.41) is 9.09. The highest BCUT2D eigenvalue weighted by molar-refractivity contribution is 5.74. The Morgan fingerprint density at radius 1 is 1.47 bits per heavy atom. The Morgan fingerprint density at radius 3 is 3.07 bits per heavy atom. The standard InChI is InChI=1S/C10H19N3O2/c14-10(13-9-2-4-15-7-9)12-6-8-1-3-11-5-8/h8-9,11H,1-7H2,(H2,12,13,14). The molecule has 0 radical (unpaired) electrons. The first-order valence-corrected chi connectivity index (χ1v) is 5.67. The van der Waals surface area contributed by atoms with Crippen molar-refractivity contribution in [2.75, 3.05) is 32.8 Å². The summed E-state index contributed by atoms with van der Waals surface area (Å²) in [7, 11) is 0. The van der Waals surface area contributed by atoms with Crippen LogP contribution in [0, 0.1) is 5.92 Å². The van der Waals surface area contributed by atoms with Crippen LogP contribution in [-0.4, -0.2) is 44.9 Å². The highest BCUT2D eigenvalue weighted by Crippen LogP contribution is 2.05. The maximum atomic E-state index is 11.5. The van der Waals surface area contributed by atoms with Crippen LogP contribution >= 0.6 is 0 Å². The van der Waals surface area contributed by atoms with Gasteiger partial charge in [0, 0.05) is 13.2 Å². The second-order valence-corrected chi connectivity index (χ2v) is 4.27. The van der Waals surface area contributed by atoms with Crippen molar-refractivity contribution in [1.29, 1.82) is 0 Å². The van der Waals surface area contributed by atoms with E-state index in [2.05, 4.69) is 16.0 Å². The zero-order valence-electron chi connectivity index (χ0n) is 8.92. The number of hydrogen-bond donors (Lipinski definition) is 3. The normalized spacial score (nSPS) is 30.4. The molecule has 2 amide bonds. The van der Waals surface area contributed by atoms with Crippen LogP contribution in [0.15, 0.2) is 0 Å². The summed E-state index contributed by atoms with van der Waals surface area (Å²) < 4.78 is 5.18. The van der Waals surface area contributed by atoms with Crippen LogP contribution in [0.4, 0.5) is 4.79 Å². The van der Waals surface area contributed by atoms with Gasteiger partial charge in [-0.2, -0.15) is 0 Å². The molecule has 2 saturated heterocycles. The Morgan fingerprint density at radius 2 is 2.40 bits per heavy atom. The molecule has 5 heteroatoms. The monoisotopic (exact) mass is 213 g/mol. The van der Waals surface area contributed by atoms with Crippen molar-refractivity contribution in [3.05, 3.63) is 0 Å². The average molecular weight is 213 g/mol. The van der Waals surface area contributed by atoms with Crippen LogP contribution in [0.2, 0.25) is 0 Å². The van der Waals surface area contributed by atoms with Crippen molar-refractivity contribution in [3.63, 3.8) is 0 Å². The Hall–Kier alpha value is -0.810. The molecule has 0 saturated carbocycles. The van der Waals surface area contributed by atoms with E-state index in [9.17, 15) is 4.79 Å². The molecular weight excluding hydrogens is 194 g/mol. The van der Waals surface area contributed by atoms with Crippen molar-refractivity contribution in [3.8, 4) is 0 Å². The Balaban J connectivity index is 1.59. The van der Waals surface area contributed by atoms with E-state index in [1.807, 2.05) is 0 Å². The van der Waals surface area contributed by atoms with Crippen molar-refractivity contribution in [2.45, 2.75) is 18.9 Å². The maximum Gasteiger partial charge on any atom is 0.315 e. The van der Waals surface area contributed by atoms with Crippen LogP contribution < -0.4 is 16.0 Å². The first-order valence-electron chi connectivity index (χ1n) is 5.67. The molecular formula is C10H19N3O2. The minimum absolute atomic E-state index is 0.0580. The van der Waals surface area contributed by atoms with Gasteiger partial charge in [0.25, 0.3) is 0 Å². The van der Waals surface area contributed by atoms with E-state index in [1.165, 1.54) is 0 Å². The van der Waals surface area contributed by atoms with Crippen LogP contribution in [-0.2, 0) is 4.74 Å². The summed E-state index contributed by atoms with van der Waals surface area (Å²) in [4.78, 5) is 11.5. The molecule has 15 heavy (non-hydrogen) atoms. The first kappa shape index (κ1) is 10.7. The number of rotatable bonds is 3. The minimum atomic E-state index is -0.0580. The van der Waals surface area contributed by atoms with Gasteiger partial charge in [-0.05, 0) is 31.8 Å². The number of hydrogen-bond acceptors (Lipinski definition) is 3. The van der Waals surface area contributed by atoms with Crippen LogP contribution in [0.1, 0.15) is 12.8 Å². The summed E-state index contributed by atoms with van der Waals surface area (Å²) in [5.74, 6) is 0.593. The molecule has 2 aliphatic rings. The fourth-order valence-corrected chi connectivity index (χ4v) is 2.01. The van der Waals surface area contributed by atoms with E-state index in [4.69, 9.17) is 4.74 Å². The molecule has 0 aromatic heterocycles. The Bertz CT molecular complexity index is 211. The van der Waals surface area contributed by atoms with Gasteiger partial charge in [0.05, 0.1) is 12.6 Å². The van der Waals surface area contributed by atoms with Crippen LogP contribution in [0.3, 0.4) is 0 Å². The topological polar surface area (TPSA) is 62.4 Å². The smallest absolute Gasteiger partial charge is 0.315 e. The second-order valence-electron chi connectivity index (χ2n) is 4.27. The van der Waals surface area contributed by atoms with Gasteiger partial charge in [0.2, 0.25) is 0 Å². The molecule has 2 aliphatic heterocycles. The molecule has 2 unspecified atom stereocenters. The molecule has 5 nitrogen and oxygen atoms in total. The van der Waals surface area contributed by atoms with Crippen molar-refractivity contribution < 1.29 is 9.53 Å². The predicted molar refractivity (Wildman–Crippen MR) is 56.7 cm³/mol. The highest BCUT2D eigenvalue weighted by atomic mass is 16.5. The van der Waals surface area contributed by atoms with E-state index >= 15 is 0 Å². The molecule has 86 valence electrons. The molecule has 2 rings (SSSR count). The van der Waals surface area contributed by atoms with Gasteiger partial charge in [-0.3, -0.25) is 0 Å². The van der Waals surface area contributed by atoms with E-state index in [-0.39, 0.29) is 12.1 Å². The first-order chi connectivity index (χ1) is 7.34. The van der Waals surface area contributed by atoms with Gasteiger partial charge in [0.15, 0.2) is 0 Å². The van der Waals surface area contributed by atoms with Crippen molar-refractivity contribution in [1.82, 2.24) is 16.0 Å². The van der Waals surface area contributed by atoms with E-state index < -0.39 is 0 Å². The number of carbonyl (C=O) groups is 1. The largest absolute Gasteiger partial charge is 0.379 e. The Kier molecular flexibility index (Phi) is 3.80. The zero-order chi connectivity index (χ0) is 10.5. The summed E-state index contributed by atoms with van der Waals surface area (Å²) in [6.45, 7) is 4.28. The predicted octanol–water partition coefficient (Wildman–Crippen LogP) is -0.316. The maximum absolute atomic E-state index is 11.5. The fourth-order valence-electron chi connectivity index (χ4n) is 2.01. The van der Waals surface area contributed by atoms with Gasteiger partial charge >= 0.3 is 6.03 Å². The third-order valence-corrected chi connectivity index (χ3v) is 2.98. The molecule has 2 atom stereocenters. The van der Waals surface area contributed by atoms with Gasteiger partial charge in [-0.1, -0.05) is 0 Å². The van der Waals surface area contributed by atoms with Crippen molar-refractivity contribution >= 4 is 6.03 Å². The lowest BCUT2D eigenvalue weighted by atomic mass is 10.1. The van der Waals surface area contributed by atoms with Crippen LogP contribution in [0.25, 0.3) is 0 Å². The summed E-state index contributed by atoms with van der Waals surface area (Å²) >= 11 is 0. The van der Waals surface area contributed by atoms with Gasteiger partial charge in [-0.15, -0.1) is 0 Å². The fraction of sp³-hybridized carbons (Fsp3) is 0.900. The lowest BCUT2D eigenvalue weighted by Gasteiger charge is -2.14. The third kappa shape index (κ3) is 3.35. The van der Waals surface area contributed by atoms with E-state index in [0.717, 1.165) is 39.1 Å². The van der Waals surface area contributed by atoms with Gasteiger partial charge < -0.3 is 20.7 Å². The number of nitrogens with one attached hydrogen (secondary N) is 3. The van der Waals surface area contributed by atoms with E-state index in [0.29, 0.717) is 12.5 Å². The quantitative estimate of drug-likeness (QED) is 0.602. The number of urea groups is 1. The lowest BCUT2D eigenvalue weighted by molar-refractivity contribution is 0.188. The Labute approximate surface area is 89.9 Å². The van der Waals surface area contributed by atoms with E-state index in [1.54, 1.807) is 0 Å². The molecule has 0 aliphatic carbocycles. The molecule has 0 bridgehead atoms. The third-order valence-electron chi connectivity index (χ3n) is 2.98. The average Bonchev–Trinajstić information content (AvgIpc) is 2.86. The number of amides is 2. The molecule has 0 spiro atoms. The number of ether oxygens (including phenoxy) is 1. The zero-order valence-corrected chi connectivity index (χ0v) is 8.92. The second kappa shape index (κ2) is 5.32. The molecule has 0 aromatic rings. The SMILES string of the molecule is O=C(NCC1CCNC1)NC1CCOC1. The molecule has 3 N–H and O–H groups in total. The molecule has 2 heterocycles.